The second-order valence-corrected chi connectivity index (χ2v) is 6.98. The summed E-state index contributed by atoms with van der Waals surface area (Å²) in [5.74, 6) is 0.111. The summed E-state index contributed by atoms with van der Waals surface area (Å²) >= 11 is 4.14. The van der Waals surface area contributed by atoms with Gasteiger partial charge in [-0.05, 0) is 14.1 Å². The number of carbonyl (C=O) groups is 1. The van der Waals surface area contributed by atoms with Crippen molar-refractivity contribution < 1.29 is 9.53 Å². The highest BCUT2D eigenvalue weighted by Crippen LogP contribution is 2.24. The van der Waals surface area contributed by atoms with E-state index in [1.807, 2.05) is 19.0 Å². The number of carbonyl (C=O) groups excluding carboxylic acids is 1. The highest BCUT2D eigenvalue weighted by Gasteiger charge is 2.37. The van der Waals surface area contributed by atoms with Crippen LogP contribution in [0.2, 0.25) is 0 Å². The van der Waals surface area contributed by atoms with E-state index in [-0.39, 0.29) is 17.4 Å². The second kappa shape index (κ2) is 11.3. The fourth-order valence-corrected chi connectivity index (χ4v) is 2.90. The molecule has 0 bridgehead atoms. The maximum Gasteiger partial charge on any atom is 0.241 e. The lowest BCUT2D eigenvalue weighted by atomic mass is 9.83. The fourth-order valence-electron chi connectivity index (χ4n) is 2.44. The largest absolute Gasteiger partial charge is 0.378 e. The van der Waals surface area contributed by atoms with Gasteiger partial charge in [0.05, 0.1) is 13.2 Å². The number of morpholine rings is 1. The van der Waals surface area contributed by atoms with Crippen molar-refractivity contribution in [2.24, 2.45) is 5.41 Å². The van der Waals surface area contributed by atoms with Gasteiger partial charge in [0.15, 0.2) is 0 Å². The first kappa shape index (κ1) is 21.7. The summed E-state index contributed by atoms with van der Waals surface area (Å²) in [4.78, 5) is 16.4. The van der Waals surface area contributed by atoms with Gasteiger partial charge < -0.3 is 14.5 Å². The van der Waals surface area contributed by atoms with Gasteiger partial charge in [-0.15, -0.1) is 0 Å². The van der Waals surface area contributed by atoms with E-state index in [1.54, 1.807) is 0 Å². The molecule has 1 amide bonds. The van der Waals surface area contributed by atoms with Crippen LogP contribution in [-0.2, 0) is 9.53 Å². The maximum atomic E-state index is 12.5. The molecular formula is C16H35N3O2S. The monoisotopic (exact) mass is 333 g/mol. The number of ether oxygens (including phenoxy) is 1. The zero-order valence-electron chi connectivity index (χ0n) is 15.2. The Bertz CT molecular complexity index is 304. The van der Waals surface area contributed by atoms with Gasteiger partial charge in [0.25, 0.3) is 0 Å². The second-order valence-electron chi connectivity index (χ2n) is 6.73. The van der Waals surface area contributed by atoms with Crippen LogP contribution in [-0.4, -0.2) is 68.7 Å². The van der Waals surface area contributed by atoms with Crippen molar-refractivity contribution in [2.75, 3.05) is 46.9 Å². The van der Waals surface area contributed by atoms with Crippen molar-refractivity contribution in [1.29, 1.82) is 0 Å². The first-order chi connectivity index (χ1) is 10.3. The SMILES string of the molecule is CCCC.CN(C)CC(C)(C)C(NS)C(=O)N1CCOCC1. The van der Waals surface area contributed by atoms with Crippen LogP contribution in [0.15, 0.2) is 0 Å². The lowest BCUT2D eigenvalue weighted by Gasteiger charge is -2.38. The molecule has 1 unspecified atom stereocenters. The number of thiol groups is 1. The molecule has 5 nitrogen and oxygen atoms in total. The van der Waals surface area contributed by atoms with Gasteiger partial charge in [0.2, 0.25) is 5.91 Å². The molecule has 0 aromatic heterocycles. The average molecular weight is 334 g/mol. The summed E-state index contributed by atoms with van der Waals surface area (Å²) in [7, 11) is 4.02. The van der Waals surface area contributed by atoms with Crippen molar-refractivity contribution in [3.05, 3.63) is 0 Å². The Morgan fingerprint density at radius 3 is 2.14 bits per heavy atom. The molecular weight excluding hydrogens is 298 g/mol. The van der Waals surface area contributed by atoms with Crippen LogP contribution in [0.1, 0.15) is 40.5 Å². The molecule has 0 aliphatic carbocycles. The number of rotatable bonds is 6. The van der Waals surface area contributed by atoms with Crippen molar-refractivity contribution in [2.45, 2.75) is 46.6 Å². The Kier molecular flexibility index (Phi) is 11.1. The Morgan fingerprint density at radius 1 is 1.27 bits per heavy atom. The fraction of sp³-hybridized carbons (Fsp3) is 0.938. The standard InChI is InChI=1S/C12H25N3O2S.C4H10/c1-12(2,9-14(3)4)10(13-18)11(16)15-5-7-17-8-6-15;1-3-4-2/h10,13,18H,5-9H2,1-4H3;3-4H2,1-2H3. The van der Waals surface area contributed by atoms with Crippen molar-refractivity contribution in [3.8, 4) is 0 Å². The van der Waals surface area contributed by atoms with Crippen LogP contribution in [0, 0.1) is 5.41 Å². The lowest BCUT2D eigenvalue weighted by molar-refractivity contribution is -0.140. The molecule has 1 heterocycles. The van der Waals surface area contributed by atoms with Crippen LogP contribution >= 0.6 is 12.8 Å². The number of unbranched alkanes of at least 4 members (excludes halogenated alkanes) is 1. The molecule has 0 radical (unpaired) electrons. The number of hydrogen-bond acceptors (Lipinski definition) is 5. The Labute approximate surface area is 142 Å². The van der Waals surface area contributed by atoms with Gasteiger partial charge in [-0.25, -0.2) is 0 Å². The molecule has 1 rings (SSSR count). The van der Waals surface area contributed by atoms with Gasteiger partial charge in [0.1, 0.15) is 6.04 Å². The number of amides is 1. The van der Waals surface area contributed by atoms with E-state index in [0.29, 0.717) is 26.3 Å². The summed E-state index contributed by atoms with van der Waals surface area (Å²) in [6.07, 6.45) is 2.64. The average Bonchev–Trinajstić information content (AvgIpc) is 2.47. The quantitative estimate of drug-likeness (QED) is 0.730. The van der Waals surface area contributed by atoms with Gasteiger partial charge in [-0.3, -0.25) is 9.52 Å². The Morgan fingerprint density at radius 2 is 1.77 bits per heavy atom. The van der Waals surface area contributed by atoms with Gasteiger partial charge >= 0.3 is 0 Å². The first-order valence-corrected chi connectivity index (χ1v) is 8.65. The molecule has 0 spiro atoms. The van der Waals surface area contributed by atoms with Crippen molar-refractivity contribution in [1.82, 2.24) is 14.5 Å². The molecule has 1 saturated heterocycles. The third-order valence-corrected chi connectivity index (χ3v) is 3.96. The molecule has 6 heteroatoms. The Balaban J connectivity index is 0.000000980. The molecule has 1 atom stereocenters. The van der Waals surface area contributed by atoms with Crippen LogP contribution in [0.25, 0.3) is 0 Å². The smallest absolute Gasteiger partial charge is 0.241 e. The highest BCUT2D eigenvalue weighted by atomic mass is 32.1. The maximum absolute atomic E-state index is 12.5. The van der Waals surface area contributed by atoms with E-state index in [9.17, 15) is 4.79 Å². The molecule has 0 saturated carbocycles. The summed E-state index contributed by atoms with van der Waals surface area (Å²) < 4.78 is 8.15. The zero-order valence-corrected chi connectivity index (χ0v) is 16.1. The number of nitrogens with zero attached hydrogens (tertiary/aromatic N) is 2. The molecule has 1 aliphatic heterocycles. The third-order valence-electron chi connectivity index (χ3n) is 3.70. The summed E-state index contributed by atoms with van der Waals surface area (Å²) in [6.45, 7) is 11.9. The first-order valence-electron chi connectivity index (χ1n) is 8.21. The summed E-state index contributed by atoms with van der Waals surface area (Å²) in [5, 5.41) is 0. The number of hydrogen-bond donors (Lipinski definition) is 2. The van der Waals surface area contributed by atoms with Gasteiger partial charge in [-0.1, -0.05) is 53.4 Å². The predicted octanol–water partition coefficient (Wildman–Crippen LogP) is 2.04. The van der Waals surface area contributed by atoms with Crippen LogP contribution < -0.4 is 4.72 Å². The van der Waals surface area contributed by atoms with E-state index in [2.05, 4.69) is 50.1 Å². The molecule has 1 aliphatic rings. The lowest BCUT2D eigenvalue weighted by Crippen LogP contribution is -2.56. The molecule has 1 N–H and O–H groups in total. The minimum absolute atomic E-state index is 0.111. The van der Waals surface area contributed by atoms with Gasteiger partial charge in [-0.2, -0.15) is 0 Å². The molecule has 132 valence electrons. The van der Waals surface area contributed by atoms with Crippen LogP contribution in [0.3, 0.4) is 0 Å². The van der Waals surface area contributed by atoms with Crippen LogP contribution in [0.5, 0.6) is 0 Å². The molecule has 1 fully saturated rings. The summed E-state index contributed by atoms with van der Waals surface area (Å²) in [5.41, 5.74) is -0.180. The van der Waals surface area contributed by atoms with Crippen LogP contribution in [0.4, 0.5) is 0 Å². The highest BCUT2D eigenvalue weighted by molar-refractivity contribution is 7.78. The third kappa shape index (κ3) is 7.81. The minimum atomic E-state index is -0.290. The van der Waals surface area contributed by atoms with Crippen molar-refractivity contribution in [3.63, 3.8) is 0 Å². The topological polar surface area (TPSA) is 44.8 Å². The van der Waals surface area contributed by atoms with E-state index in [4.69, 9.17) is 4.74 Å². The Hall–Kier alpha value is -0.300. The van der Waals surface area contributed by atoms with E-state index < -0.39 is 0 Å². The number of nitrogens with one attached hydrogen (secondary N) is 1. The minimum Gasteiger partial charge on any atom is -0.378 e. The summed E-state index contributed by atoms with van der Waals surface area (Å²) in [6, 6.07) is -0.290. The normalized spacial score (nSPS) is 17.0. The molecule has 22 heavy (non-hydrogen) atoms. The molecule has 0 aromatic rings. The molecule has 0 aromatic carbocycles. The van der Waals surface area contributed by atoms with E-state index in [0.717, 1.165) is 6.54 Å². The van der Waals surface area contributed by atoms with E-state index >= 15 is 0 Å². The predicted molar refractivity (Wildman–Crippen MR) is 96.2 cm³/mol. The van der Waals surface area contributed by atoms with E-state index in [1.165, 1.54) is 12.8 Å². The van der Waals surface area contributed by atoms with Gasteiger partial charge in [0, 0.05) is 25.0 Å². The van der Waals surface area contributed by atoms with Crippen molar-refractivity contribution >= 4 is 18.7 Å². The zero-order chi connectivity index (χ0) is 17.2.